The Hall–Kier alpha value is -0.900. The SMILES string of the molecule is CCCn1nncc1C(NCC)C1C2CCCC21. The second-order valence-electron chi connectivity index (χ2n) is 5.75. The molecule has 3 unspecified atom stereocenters. The van der Waals surface area contributed by atoms with E-state index in [2.05, 4.69) is 34.2 Å². The fourth-order valence-corrected chi connectivity index (χ4v) is 3.92. The molecule has 1 aromatic heterocycles. The van der Waals surface area contributed by atoms with Gasteiger partial charge in [0.25, 0.3) is 0 Å². The van der Waals surface area contributed by atoms with Crippen molar-refractivity contribution in [2.75, 3.05) is 6.54 Å². The summed E-state index contributed by atoms with van der Waals surface area (Å²) in [6, 6.07) is 0.479. The predicted molar refractivity (Wildman–Crippen MR) is 71.1 cm³/mol. The molecule has 0 spiro atoms. The first-order valence-corrected chi connectivity index (χ1v) is 7.48. The molecule has 1 N–H and O–H groups in total. The molecule has 0 aromatic carbocycles. The molecule has 100 valence electrons. The summed E-state index contributed by atoms with van der Waals surface area (Å²) < 4.78 is 2.10. The van der Waals surface area contributed by atoms with E-state index in [-0.39, 0.29) is 0 Å². The van der Waals surface area contributed by atoms with Gasteiger partial charge in [-0.3, -0.25) is 0 Å². The van der Waals surface area contributed by atoms with Gasteiger partial charge in [-0.15, -0.1) is 5.10 Å². The highest BCUT2D eigenvalue weighted by atomic mass is 15.4. The van der Waals surface area contributed by atoms with Crippen molar-refractivity contribution in [2.45, 2.75) is 52.1 Å². The minimum atomic E-state index is 0.479. The Morgan fingerprint density at radius 3 is 2.83 bits per heavy atom. The van der Waals surface area contributed by atoms with E-state index in [1.54, 1.807) is 0 Å². The third-order valence-electron chi connectivity index (χ3n) is 4.68. The third-order valence-corrected chi connectivity index (χ3v) is 4.68. The number of aromatic nitrogens is 3. The number of nitrogens with one attached hydrogen (secondary N) is 1. The highest BCUT2D eigenvalue weighted by Crippen LogP contribution is 2.62. The lowest BCUT2D eigenvalue weighted by Gasteiger charge is -2.20. The standard InChI is InChI=1S/C14H24N4/c1-3-8-18-12(9-16-17-18)14(15-4-2)13-10-6-5-7-11(10)13/h9-11,13-15H,3-8H2,1-2H3. The molecular weight excluding hydrogens is 224 g/mol. The highest BCUT2D eigenvalue weighted by molar-refractivity contribution is 5.15. The second kappa shape index (κ2) is 5.00. The monoisotopic (exact) mass is 248 g/mol. The van der Waals surface area contributed by atoms with Crippen LogP contribution in [-0.2, 0) is 6.54 Å². The molecule has 0 bridgehead atoms. The number of aryl methyl sites for hydroxylation is 1. The average molecular weight is 248 g/mol. The Morgan fingerprint density at radius 2 is 2.17 bits per heavy atom. The normalized spacial score (nSPS) is 31.3. The van der Waals surface area contributed by atoms with Gasteiger partial charge in [0.15, 0.2) is 0 Å². The van der Waals surface area contributed by atoms with Crippen LogP contribution in [-0.4, -0.2) is 21.5 Å². The first kappa shape index (κ1) is 12.2. The molecule has 18 heavy (non-hydrogen) atoms. The fourth-order valence-electron chi connectivity index (χ4n) is 3.92. The molecule has 2 fully saturated rings. The summed E-state index contributed by atoms with van der Waals surface area (Å²) in [6.45, 7) is 6.40. The van der Waals surface area contributed by atoms with Gasteiger partial charge >= 0.3 is 0 Å². The van der Waals surface area contributed by atoms with E-state index in [1.807, 2.05) is 6.20 Å². The molecule has 2 saturated carbocycles. The molecule has 0 aliphatic heterocycles. The molecule has 4 nitrogen and oxygen atoms in total. The molecule has 3 atom stereocenters. The molecule has 1 aromatic rings. The number of hydrogen-bond donors (Lipinski definition) is 1. The fraction of sp³-hybridized carbons (Fsp3) is 0.857. The molecule has 4 heteroatoms. The van der Waals surface area contributed by atoms with Crippen LogP contribution in [0.25, 0.3) is 0 Å². The van der Waals surface area contributed by atoms with Gasteiger partial charge in [-0.25, -0.2) is 4.68 Å². The van der Waals surface area contributed by atoms with Crippen molar-refractivity contribution in [1.82, 2.24) is 20.3 Å². The number of nitrogens with zero attached hydrogens (tertiary/aromatic N) is 3. The van der Waals surface area contributed by atoms with Crippen molar-refractivity contribution in [1.29, 1.82) is 0 Å². The first-order valence-electron chi connectivity index (χ1n) is 7.48. The number of hydrogen-bond acceptors (Lipinski definition) is 3. The van der Waals surface area contributed by atoms with Gasteiger partial charge in [0.1, 0.15) is 0 Å². The Labute approximate surface area is 109 Å². The maximum absolute atomic E-state index is 4.24. The van der Waals surface area contributed by atoms with Crippen LogP contribution in [0.4, 0.5) is 0 Å². The third kappa shape index (κ3) is 1.96. The zero-order valence-corrected chi connectivity index (χ0v) is 11.5. The van der Waals surface area contributed by atoms with E-state index < -0.39 is 0 Å². The van der Waals surface area contributed by atoms with Crippen LogP contribution in [0.2, 0.25) is 0 Å². The molecule has 0 amide bonds. The van der Waals surface area contributed by atoms with Gasteiger partial charge < -0.3 is 5.32 Å². The van der Waals surface area contributed by atoms with Crippen molar-refractivity contribution in [3.8, 4) is 0 Å². The van der Waals surface area contributed by atoms with Crippen molar-refractivity contribution < 1.29 is 0 Å². The zero-order chi connectivity index (χ0) is 12.5. The lowest BCUT2D eigenvalue weighted by atomic mass is 10.0. The molecule has 1 heterocycles. The van der Waals surface area contributed by atoms with Gasteiger partial charge in [0.05, 0.1) is 17.9 Å². The number of rotatable bonds is 6. The maximum Gasteiger partial charge on any atom is 0.0759 e. The molecule has 2 aliphatic rings. The molecule has 0 saturated heterocycles. The summed E-state index contributed by atoms with van der Waals surface area (Å²) in [6.07, 6.45) is 7.40. The van der Waals surface area contributed by atoms with Crippen molar-refractivity contribution in [2.24, 2.45) is 17.8 Å². The minimum absolute atomic E-state index is 0.479. The summed E-state index contributed by atoms with van der Waals surface area (Å²) >= 11 is 0. The van der Waals surface area contributed by atoms with E-state index in [0.717, 1.165) is 37.3 Å². The van der Waals surface area contributed by atoms with E-state index in [9.17, 15) is 0 Å². The number of fused-ring (bicyclic) bond motifs is 1. The van der Waals surface area contributed by atoms with Crippen LogP contribution in [0.5, 0.6) is 0 Å². The Kier molecular flexibility index (Phi) is 3.37. The van der Waals surface area contributed by atoms with Gasteiger partial charge in [-0.1, -0.05) is 25.5 Å². The van der Waals surface area contributed by atoms with E-state index in [4.69, 9.17) is 0 Å². The van der Waals surface area contributed by atoms with E-state index in [0.29, 0.717) is 6.04 Å². The lowest BCUT2D eigenvalue weighted by Crippen LogP contribution is -2.27. The predicted octanol–water partition coefficient (Wildman–Crippen LogP) is 2.38. The Morgan fingerprint density at radius 1 is 1.39 bits per heavy atom. The largest absolute Gasteiger partial charge is 0.309 e. The average Bonchev–Trinajstić information content (AvgIpc) is 2.77. The zero-order valence-electron chi connectivity index (χ0n) is 11.5. The Bertz CT molecular complexity index is 390. The molecule has 0 radical (unpaired) electrons. The van der Waals surface area contributed by atoms with Crippen LogP contribution in [0.3, 0.4) is 0 Å². The van der Waals surface area contributed by atoms with Crippen LogP contribution in [0.15, 0.2) is 6.20 Å². The maximum atomic E-state index is 4.24. The van der Waals surface area contributed by atoms with Gasteiger partial charge in [-0.05, 0) is 43.6 Å². The lowest BCUT2D eigenvalue weighted by molar-refractivity contribution is 0.393. The van der Waals surface area contributed by atoms with Crippen LogP contribution >= 0.6 is 0 Å². The van der Waals surface area contributed by atoms with E-state index >= 15 is 0 Å². The van der Waals surface area contributed by atoms with Gasteiger partial charge in [0.2, 0.25) is 0 Å². The van der Waals surface area contributed by atoms with Crippen molar-refractivity contribution >= 4 is 0 Å². The van der Waals surface area contributed by atoms with Crippen LogP contribution in [0.1, 0.15) is 51.3 Å². The second-order valence-corrected chi connectivity index (χ2v) is 5.75. The van der Waals surface area contributed by atoms with Gasteiger partial charge in [-0.2, -0.15) is 0 Å². The summed E-state index contributed by atoms with van der Waals surface area (Å²) in [5.41, 5.74) is 1.30. The minimum Gasteiger partial charge on any atom is -0.309 e. The molecule has 2 aliphatic carbocycles. The summed E-state index contributed by atoms with van der Waals surface area (Å²) in [5, 5.41) is 12.0. The topological polar surface area (TPSA) is 42.7 Å². The summed E-state index contributed by atoms with van der Waals surface area (Å²) in [7, 11) is 0. The van der Waals surface area contributed by atoms with Crippen molar-refractivity contribution in [3.05, 3.63) is 11.9 Å². The van der Waals surface area contributed by atoms with Crippen LogP contribution < -0.4 is 5.32 Å². The highest BCUT2D eigenvalue weighted by Gasteiger charge is 2.56. The first-order chi connectivity index (χ1) is 8.86. The summed E-state index contributed by atoms with van der Waals surface area (Å²) in [4.78, 5) is 0. The van der Waals surface area contributed by atoms with Crippen molar-refractivity contribution in [3.63, 3.8) is 0 Å². The van der Waals surface area contributed by atoms with Crippen LogP contribution in [0, 0.1) is 17.8 Å². The molecule has 3 rings (SSSR count). The Balaban J connectivity index is 1.78. The summed E-state index contributed by atoms with van der Waals surface area (Å²) in [5.74, 6) is 2.78. The smallest absolute Gasteiger partial charge is 0.0759 e. The quantitative estimate of drug-likeness (QED) is 0.840. The van der Waals surface area contributed by atoms with Gasteiger partial charge in [0, 0.05) is 6.54 Å². The molecular formula is C14H24N4. The van der Waals surface area contributed by atoms with E-state index in [1.165, 1.54) is 25.0 Å².